The number of nitrogens with zero attached hydrogens (tertiary/aromatic N) is 6. The molecule has 10 nitrogen and oxygen atoms in total. The van der Waals surface area contributed by atoms with E-state index in [1.807, 2.05) is 42.9 Å². The van der Waals surface area contributed by atoms with Crippen molar-refractivity contribution in [3.63, 3.8) is 0 Å². The van der Waals surface area contributed by atoms with E-state index in [1.54, 1.807) is 6.20 Å². The monoisotopic (exact) mass is 524 g/mol. The molecule has 4 N–H and O–H groups in total. The lowest BCUT2D eigenvalue weighted by molar-refractivity contribution is -0.192. The molecule has 38 heavy (non-hydrogen) atoms. The van der Waals surface area contributed by atoms with Crippen LogP contribution in [-0.2, 0) is 11.8 Å². The number of alkyl halides is 3. The van der Waals surface area contributed by atoms with Crippen LogP contribution in [0.4, 0.5) is 19.0 Å². The van der Waals surface area contributed by atoms with Crippen LogP contribution in [0.2, 0.25) is 0 Å². The molecule has 1 saturated heterocycles. The molecule has 1 fully saturated rings. The van der Waals surface area contributed by atoms with E-state index in [-0.39, 0.29) is 12.1 Å². The standard InChI is InChI=1S/C23H22N8.C2HF3O2/c1-14-28-19-11-15(4-6-20(19)30(14)2)3-5-18-22-21(8-10-26-23(22)25)31(29-18)17-12-16(7-9-24)27-13-17;3-2(4,5)1(6)7/h4,6,8,10-11,16-17,27H,7,12-13H2,1-2H3,(H2,25,26);(H,6,7)/t16-,17-;/m0./s1. The summed E-state index contributed by atoms with van der Waals surface area (Å²) in [6, 6.07) is 10.5. The maximum absolute atomic E-state index is 10.6. The number of anilines is 1. The molecule has 196 valence electrons. The van der Waals surface area contributed by atoms with E-state index in [0.717, 1.165) is 46.3 Å². The average Bonchev–Trinajstić information content (AvgIpc) is 3.54. The highest BCUT2D eigenvalue weighted by molar-refractivity contribution is 5.93. The van der Waals surface area contributed by atoms with E-state index in [9.17, 15) is 13.2 Å². The van der Waals surface area contributed by atoms with Crippen LogP contribution in [0.25, 0.3) is 21.9 Å². The number of nitrogens with one attached hydrogen (secondary N) is 1. The number of imidazole rings is 1. The normalized spacial score (nSPS) is 16.9. The summed E-state index contributed by atoms with van der Waals surface area (Å²) in [5, 5.41) is 25.1. The number of carboxylic acids is 1. The Balaban J connectivity index is 0.000000426. The summed E-state index contributed by atoms with van der Waals surface area (Å²) in [5.74, 6) is 5.04. The lowest BCUT2D eigenvalue weighted by atomic mass is 10.1. The van der Waals surface area contributed by atoms with Gasteiger partial charge in [-0.05, 0) is 43.5 Å². The summed E-state index contributed by atoms with van der Waals surface area (Å²) in [4.78, 5) is 17.7. The second kappa shape index (κ2) is 10.4. The first-order valence-corrected chi connectivity index (χ1v) is 11.5. The molecular formula is C25H23F3N8O2. The Morgan fingerprint density at radius 1 is 1.29 bits per heavy atom. The molecule has 4 heterocycles. The molecule has 0 spiro atoms. The van der Waals surface area contributed by atoms with E-state index in [1.165, 1.54) is 0 Å². The van der Waals surface area contributed by atoms with Crippen LogP contribution in [0.15, 0.2) is 30.5 Å². The third-order valence-electron chi connectivity index (χ3n) is 6.20. The first-order chi connectivity index (χ1) is 18.0. The number of aryl methyl sites for hydroxylation is 2. The van der Waals surface area contributed by atoms with Crippen molar-refractivity contribution in [1.29, 1.82) is 5.26 Å². The molecule has 4 aromatic rings. The third kappa shape index (κ3) is 5.38. The molecule has 0 saturated carbocycles. The number of hydrogen-bond donors (Lipinski definition) is 3. The minimum atomic E-state index is -5.08. The number of rotatable bonds is 2. The Labute approximate surface area is 214 Å². The fourth-order valence-electron chi connectivity index (χ4n) is 4.26. The molecule has 0 unspecified atom stereocenters. The molecule has 2 atom stereocenters. The Kier molecular flexibility index (Phi) is 7.23. The molecule has 1 aliphatic rings. The number of aromatic nitrogens is 5. The number of pyridine rings is 1. The summed E-state index contributed by atoms with van der Waals surface area (Å²) in [7, 11) is 2.00. The summed E-state index contributed by atoms with van der Waals surface area (Å²) < 4.78 is 35.8. The summed E-state index contributed by atoms with van der Waals surface area (Å²) in [5.41, 5.74) is 10.6. The van der Waals surface area contributed by atoms with Gasteiger partial charge in [-0.3, -0.25) is 4.68 Å². The fourth-order valence-corrected chi connectivity index (χ4v) is 4.26. The van der Waals surface area contributed by atoms with Crippen LogP contribution < -0.4 is 11.1 Å². The van der Waals surface area contributed by atoms with Crippen molar-refractivity contribution in [3.05, 3.63) is 47.5 Å². The predicted octanol–water partition coefficient (Wildman–Crippen LogP) is 3.06. The van der Waals surface area contributed by atoms with Crippen molar-refractivity contribution >= 4 is 33.7 Å². The minimum Gasteiger partial charge on any atom is -0.475 e. The highest BCUT2D eigenvalue weighted by Crippen LogP contribution is 2.29. The highest BCUT2D eigenvalue weighted by atomic mass is 19.4. The van der Waals surface area contributed by atoms with E-state index in [0.29, 0.717) is 17.9 Å². The molecule has 0 bridgehead atoms. The van der Waals surface area contributed by atoms with Gasteiger partial charge >= 0.3 is 12.1 Å². The number of carbonyl (C=O) groups is 1. The molecule has 1 aliphatic heterocycles. The number of nitrogen functional groups attached to an aromatic ring is 1. The van der Waals surface area contributed by atoms with Crippen LogP contribution in [0.3, 0.4) is 0 Å². The van der Waals surface area contributed by atoms with Crippen LogP contribution in [-0.4, -0.2) is 54.2 Å². The van der Waals surface area contributed by atoms with Crippen LogP contribution in [0.5, 0.6) is 0 Å². The number of halogens is 3. The van der Waals surface area contributed by atoms with E-state index in [4.69, 9.17) is 26.0 Å². The van der Waals surface area contributed by atoms with Gasteiger partial charge in [0.2, 0.25) is 0 Å². The van der Waals surface area contributed by atoms with Crippen molar-refractivity contribution in [1.82, 2.24) is 29.6 Å². The second-order valence-electron chi connectivity index (χ2n) is 8.71. The molecule has 0 aliphatic carbocycles. The van der Waals surface area contributed by atoms with Crippen molar-refractivity contribution in [3.8, 4) is 17.9 Å². The summed E-state index contributed by atoms with van der Waals surface area (Å²) >= 11 is 0. The second-order valence-corrected chi connectivity index (χ2v) is 8.71. The Morgan fingerprint density at radius 2 is 2.03 bits per heavy atom. The van der Waals surface area contributed by atoms with Crippen molar-refractivity contribution < 1.29 is 23.1 Å². The van der Waals surface area contributed by atoms with Gasteiger partial charge in [0.1, 0.15) is 17.3 Å². The van der Waals surface area contributed by atoms with Gasteiger partial charge in [-0.1, -0.05) is 5.92 Å². The highest BCUT2D eigenvalue weighted by Gasteiger charge is 2.38. The lowest BCUT2D eigenvalue weighted by Gasteiger charge is -2.10. The van der Waals surface area contributed by atoms with Gasteiger partial charge in [-0.25, -0.2) is 14.8 Å². The van der Waals surface area contributed by atoms with Crippen molar-refractivity contribution in [2.75, 3.05) is 12.3 Å². The Hall–Kier alpha value is -4.62. The number of hydrogen-bond acceptors (Lipinski definition) is 7. The largest absolute Gasteiger partial charge is 0.490 e. The maximum Gasteiger partial charge on any atom is 0.490 e. The first kappa shape index (κ1) is 26.4. The zero-order valence-corrected chi connectivity index (χ0v) is 20.4. The Bertz CT molecular complexity index is 1620. The topological polar surface area (TPSA) is 148 Å². The quantitative estimate of drug-likeness (QED) is 0.339. The van der Waals surface area contributed by atoms with Gasteiger partial charge in [-0.15, -0.1) is 0 Å². The molecule has 1 aromatic carbocycles. The number of aliphatic carboxylic acids is 1. The SMILES string of the molecule is Cc1nc2cc(C#Cc3nn([C@@H]4CN[C@@H](CC#N)C4)c4ccnc(N)c34)ccc2n1C.O=C(O)C(F)(F)F. The van der Waals surface area contributed by atoms with E-state index >= 15 is 0 Å². The predicted molar refractivity (Wildman–Crippen MR) is 133 cm³/mol. The van der Waals surface area contributed by atoms with Gasteiger partial charge in [0, 0.05) is 31.4 Å². The van der Waals surface area contributed by atoms with E-state index in [2.05, 4.69) is 37.8 Å². The van der Waals surface area contributed by atoms with E-state index < -0.39 is 12.1 Å². The molecule has 0 radical (unpaired) electrons. The van der Waals surface area contributed by atoms with Crippen molar-refractivity contribution in [2.45, 2.75) is 38.0 Å². The number of nitrogens with two attached hydrogens (primary N) is 1. The number of fused-ring (bicyclic) bond motifs is 2. The fraction of sp³-hybridized carbons (Fsp3) is 0.320. The lowest BCUT2D eigenvalue weighted by Crippen LogP contribution is -2.21. The zero-order chi connectivity index (χ0) is 27.6. The smallest absolute Gasteiger partial charge is 0.475 e. The first-order valence-electron chi connectivity index (χ1n) is 11.5. The zero-order valence-electron chi connectivity index (χ0n) is 20.4. The average molecular weight is 525 g/mol. The molecule has 13 heteroatoms. The number of carboxylic acid groups (broad SMARTS) is 1. The van der Waals surface area contributed by atoms with Gasteiger partial charge < -0.3 is 20.7 Å². The maximum atomic E-state index is 10.6. The molecule has 0 amide bonds. The van der Waals surface area contributed by atoms with Crippen LogP contribution in [0.1, 0.15) is 36.0 Å². The van der Waals surface area contributed by atoms with Crippen LogP contribution in [0, 0.1) is 30.1 Å². The van der Waals surface area contributed by atoms with Gasteiger partial charge in [0.25, 0.3) is 0 Å². The summed E-state index contributed by atoms with van der Waals surface area (Å²) in [6.07, 6.45) is -2.06. The summed E-state index contributed by atoms with van der Waals surface area (Å²) in [6.45, 7) is 2.74. The number of nitriles is 1. The van der Waals surface area contributed by atoms with Gasteiger partial charge in [0.05, 0.1) is 40.5 Å². The van der Waals surface area contributed by atoms with Gasteiger partial charge in [0.15, 0.2) is 0 Å². The molecular weight excluding hydrogens is 501 g/mol. The molecule has 3 aromatic heterocycles. The number of benzene rings is 1. The minimum absolute atomic E-state index is 0.144. The third-order valence-corrected chi connectivity index (χ3v) is 6.20. The Morgan fingerprint density at radius 3 is 2.71 bits per heavy atom. The molecule has 5 rings (SSSR count). The van der Waals surface area contributed by atoms with Crippen LogP contribution >= 0.6 is 0 Å². The van der Waals surface area contributed by atoms with Gasteiger partial charge in [-0.2, -0.15) is 23.5 Å². The van der Waals surface area contributed by atoms with Crippen molar-refractivity contribution in [2.24, 2.45) is 7.05 Å².